The van der Waals surface area contributed by atoms with E-state index in [0.717, 1.165) is 5.56 Å². The van der Waals surface area contributed by atoms with Crippen LogP contribution in [0, 0.1) is 0 Å². The summed E-state index contributed by atoms with van der Waals surface area (Å²) in [7, 11) is 0. The SMILES string of the molecule is CCO[C@@H]1CN(c2nc(-c3ccccc3)no2)C[C@H]1O. The molecule has 1 aliphatic rings. The summed E-state index contributed by atoms with van der Waals surface area (Å²) in [5.74, 6) is 0.551. The van der Waals surface area contributed by atoms with Crippen molar-refractivity contribution < 1.29 is 14.4 Å². The highest BCUT2D eigenvalue weighted by molar-refractivity contribution is 5.55. The van der Waals surface area contributed by atoms with Crippen molar-refractivity contribution in [2.75, 3.05) is 24.6 Å². The molecule has 0 amide bonds. The van der Waals surface area contributed by atoms with Crippen LogP contribution >= 0.6 is 0 Å². The molecule has 3 rings (SSSR count). The molecular formula is C14H17N3O3. The first-order valence-corrected chi connectivity index (χ1v) is 6.71. The van der Waals surface area contributed by atoms with Gasteiger partial charge in [0.1, 0.15) is 6.10 Å². The molecule has 1 aromatic carbocycles. The Morgan fingerprint density at radius 3 is 2.90 bits per heavy atom. The molecule has 0 radical (unpaired) electrons. The Bertz CT molecular complexity index is 558. The van der Waals surface area contributed by atoms with Crippen LogP contribution in [0.25, 0.3) is 11.4 Å². The summed E-state index contributed by atoms with van der Waals surface area (Å²) in [6, 6.07) is 10.1. The Labute approximate surface area is 117 Å². The smallest absolute Gasteiger partial charge is 0.324 e. The van der Waals surface area contributed by atoms with Gasteiger partial charge in [-0.1, -0.05) is 35.5 Å². The Balaban J connectivity index is 1.75. The fourth-order valence-electron chi connectivity index (χ4n) is 2.34. The van der Waals surface area contributed by atoms with Crippen LogP contribution in [-0.4, -0.2) is 47.2 Å². The summed E-state index contributed by atoms with van der Waals surface area (Å²) < 4.78 is 10.8. The first-order chi connectivity index (χ1) is 9.78. The maximum absolute atomic E-state index is 9.92. The van der Waals surface area contributed by atoms with Gasteiger partial charge in [-0.15, -0.1) is 0 Å². The van der Waals surface area contributed by atoms with Crippen molar-refractivity contribution in [3.63, 3.8) is 0 Å². The summed E-state index contributed by atoms with van der Waals surface area (Å²) in [5.41, 5.74) is 0.906. The fraction of sp³-hybridized carbons (Fsp3) is 0.429. The van der Waals surface area contributed by atoms with Gasteiger partial charge in [-0.2, -0.15) is 4.98 Å². The maximum atomic E-state index is 9.92. The van der Waals surface area contributed by atoms with Gasteiger partial charge in [0.05, 0.1) is 19.2 Å². The number of rotatable bonds is 4. The van der Waals surface area contributed by atoms with Crippen LogP contribution in [0.2, 0.25) is 0 Å². The Morgan fingerprint density at radius 2 is 2.15 bits per heavy atom. The largest absolute Gasteiger partial charge is 0.388 e. The minimum atomic E-state index is -0.526. The van der Waals surface area contributed by atoms with Gasteiger partial charge >= 0.3 is 6.01 Å². The first kappa shape index (κ1) is 13.1. The van der Waals surface area contributed by atoms with Gasteiger partial charge in [0, 0.05) is 12.2 Å². The number of aromatic nitrogens is 2. The molecule has 0 spiro atoms. The lowest BCUT2D eigenvalue weighted by Gasteiger charge is -2.12. The molecule has 1 saturated heterocycles. The highest BCUT2D eigenvalue weighted by Gasteiger charge is 2.34. The molecule has 20 heavy (non-hydrogen) atoms. The van der Waals surface area contributed by atoms with E-state index < -0.39 is 6.10 Å². The zero-order valence-corrected chi connectivity index (χ0v) is 11.3. The number of β-amino-alcohol motifs (C(OH)–C–C–N with tert-alkyl or cyclic N) is 1. The van der Waals surface area contributed by atoms with Crippen molar-refractivity contribution in [3.05, 3.63) is 30.3 Å². The minimum absolute atomic E-state index is 0.202. The molecule has 0 bridgehead atoms. The number of ether oxygens (including phenoxy) is 1. The molecule has 1 aliphatic heterocycles. The molecule has 0 saturated carbocycles. The zero-order chi connectivity index (χ0) is 13.9. The second-order valence-electron chi connectivity index (χ2n) is 4.73. The molecule has 2 aromatic rings. The van der Waals surface area contributed by atoms with E-state index in [1.54, 1.807) is 0 Å². The van der Waals surface area contributed by atoms with Crippen molar-refractivity contribution in [1.29, 1.82) is 0 Å². The van der Waals surface area contributed by atoms with Crippen molar-refractivity contribution >= 4 is 6.01 Å². The van der Waals surface area contributed by atoms with E-state index in [0.29, 0.717) is 31.5 Å². The Kier molecular flexibility index (Phi) is 3.66. The van der Waals surface area contributed by atoms with Crippen LogP contribution in [-0.2, 0) is 4.74 Å². The van der Waals surface area contributed by atoms with Gasteiger partial charge in [-0.25, -0.2) is 0 Å². The van der Waals surface area contributed by atoms with Crippen LogP contribution in [0.4, 0.5) is 6.01 Å². The van der Waals surface area contributed by atoms with Crippen molar-refractivity contribution in [2.24, 2.45) is 0 Å². The standard InChI is InChI=1S/C14H17N3O3/c1-2-19-12-9-17(8-11(12)18)14-15-13(16-20-14)10-6-4-3-5-7-10/h3-7,11-12,18H,2,8-9H2,1H3/t11-,12-/m1/s1. The molecule has 1 N–H and O–H groups in total. The van der Waals surface area contributed by atoms with Crippen LogP contribution < -0.4 is 4.90 Å². The lowest BCUT2D eigenvalue weighted by atomic mass is 10.2. The minimum Gasteiger partial charge on any atom is -0.388 e. The van der Waals surface area contributed by atoms with Crippen LogP contribution in [0.1, 0.15) is 6.92 Å². The molecule has 106 valence electrons. The van der Waals surface area contributed by atoms with E-state index in [1.807, 2.05) is 42.2 Å². The van der Waals surface area contributed by atoms with E-state index in [4.69, 9.17) is 9.26 Å². The number of anilines is 1. The topological polar surface area (TPSA) is 71.6 Å². The lowest BCUT2D eigenvalue weighted by molar-refractivity contribution is -0.00190. The van der Waals surface area contributed by atoms with Gasteiger partial charge < -0.3 is 19.3 Å². The monoisotopic (exact) mass is 275 g/mol. The van der Waals surface area contributed by atoms with Crippen LogP contribution in [0.5, 0.6) is 0 Å². The summed E-state index contributed by atoms with van der Waals surface area (Å²) in [4.78, 5) is 6.22. The summed E-state index contributed by atoms with van der Waals surface area (Å²) in [6.45, 7) is 3.50. The normalized spacial score (nSPS) is 22.4. The molecule has 0 aliphatic carbocycles. The van der Waals surface area contributed by atoms with Crippen molar-refractivity contribution in [3.8, 4) is 11.4 Å². The third-order valence-electron chi connectivity index (χ3n) is 3.34. The van der Waals surface area contributed by atoms with Gasteiger partial charge in [-0.3, -0.25) is 0 Å². The Morgan fingerprint density at radius 1 is 1.35 bits per heavy atom. The number of hydrogen-bond donors (Lipinski definition) is 1. The first-order valence-electron chi connectivity index (χ1n) is 6.71. The van der Waals surface area contributed by atoms with Crippen molar-refractivity contribution in [1.82, 2.24) is 10.1 Å². The maximum Gasteiger partial charge on any atom is 0.324 e. The highest BCUT2D eigenvalue weighted by Crippen LogP contribution is 2.23. The average Bonchev–Trinajstić information content (AvgIpc) is 3.08. The van der Waals surface area contributed by atoms with Crippen LogP contribution in [0.3, 0.4) is 0 Å². The third kappa shape index (κ3) is 2.52. The fourth-order valence-corrected chi connectivity index (χ4v) is 2.34. The van der Waals surface area contributed by atoms with Crippen LogP contribution in [0.15, 0.2) is 34.9 Å². The molecule has 6 nitrogen and oxygen atoms in total. The number of benzene rings is 1. The van der Waals surface area contributed by atoms with E-state index in [9.17, 15) is 5.11 Å². The predicted molar refractivity (Wildman–Crippen MR) is 73.4 cm³/mol. The van der Waals surface area contributed by atoms with Gasteiger partial charge in [0.25, 0.3) is 0 Å². The molecule has 2 heterocycles. The van der Waals surface area contributed by atoms with Crippen molar-refractivity contribution in [2.45, 2.75) is 19.1 Å². The predicted octanol–water partition coefficient (Wildman–Crippen LogP) is 1.32. The molecule has 0 unspecified atom stereocenters. The zero-order valence-electron chi connectivity index (χ0n) is 11.3. The average molecular weight is 275 g/mol. The van der Waals surface area contributed by atoms with E-state index in [2.05, 4.69) is 10.1 Å². The third-order valence-corrected chi connectivity index (χ3v) is 3.34. The number of hydrogen-bond acceptors (Lipinski definition) is 6. The molecule has 1 fully saturated rings. The van der Waals surface area contributed by atoms with Gasteiger partial charge in [0.2, 0.25) is 5.82 Å². The van der Waals surface area contributed by atoms with Gasteiger partial charge in [0.15, 0.2) is 0 Å². The summed E-state index contributed by atoms with van der Waals surface area (Å²) in [6.07, 6.45) is -0.728. The molecule has 1 aromatic heterocycles. The molecule has 6 heteroatoms. The summed E-state index contributed by atoms with van der Waals surface area (Å²) in [5, 5.41) is 13.9. The second-order valence-corrected chi connectivity index (χ2v) is 4.73. The molecule has 2 atom stereocenters. The molecular weight excluding hydrogens is 258 g/mol. The van der Waals surface area contributed by atoms with E-state index >= 15 is 0 Å². The number of aliphatic hydroxyl groups excluding tert-OH is 1. The second kappa shape index (κ2) is 5.60. The number of nitrogens with zero attached hydrogens (tertiary/aromatic N) is 3. The summed E-state index contributed by atoms with van der Waals surface area (Å²) >= 11 is 0. The lowest BCUT2D eigenvalue weighted by Crippen LogP contribution is -2.26. The quantitative estimate of drug-likeness (QED) is 0.907. The van der Waals surface area contributed by atoms with E-state index in [-0.39, 0.29) is 6.10 Å². The van der Waals surface area contributed by atoms with E-state index in [1.165, 1.54) is 0 Å². The number of aliphatic hydroxyl groups is 1. The highest BCUT2D eigenvalue weighted by atomic mass is 16.5. The van der Waals surface area contributed by atoms with Gasteiger partial charge in [-0.05, 0) is 6.92 Å². The Hall–Kier alpha value is -1.92.